The zero-order chi connectivity index (χ0) is 7.73. The van der Waals surface area contributed by atoms with E-state index < -0.39 is 0 Å². The van der Waals surface area contributed by atoms with Gasteiger partial charge in [-0.15, -0.1) is 0 Å². The van der Waals surface area contributed by atoms with Crippen LogP contribution in [0.1, 0.15) is 38.5 Å². The Morgan fingerprint density at radius 3 is 2.36 bits per heavy atom. The largest absolute Gasteiger partial charge is 0.297 e. The summed E-state index contributed by atoms with van der Waals surface area (Å²) in [6.07, 6.45) is 7.39. The Bertz CT molecular complexity index is 182. The molecule has 2 heteroatoms. The molecule has 0 aliphatic heterocycles. The summed E-state index contributed by atoms with van der Waals surface area (Å²) >= 11 is 0. The molecule has 0 saturated heterocycles. The molecular weight excluding hydrogens is 136 g/mol. The summed E-state index contributed by atoms with van der Waals surface area (Å²) in [4.78, 5) is 0. The van der Waals surface area contributed by atoms with Gasteiger partial charge in [0.05, 0.1) is 6.07 Å². The highest BCUT2D eigenvalue weighted by Gasteiger charge is 2.44. The number of nitrogens with one attached hydrogen (secondary N) is 1. The quantitative estimate of drug-likeness (QED) is 0.648. The molecule has 0 heterocycles. The van der Waals surface area contributed by atoms with E-state index in [0.29, 0.717) is 6.04 Å². The van der Waals surface area contributed by atoms with Crippen molar-refractivity contribution < 1.29 is 0 Å². The highest BCUT2D eigenvalue weighted by Crippen LogP contribution is 2.36. The van der Waals surface area contributed by atoms with Crippen molar-refractivity contribution in [3.63, 3.8) is 0 Å². The van der Waals surface area contributed by atoms with Crippen LogP contribution in [0.25, 0.3) is 0 Å². The van der Waals surface area contributed by atoms with Gasteiger partial charge in [-0.2, -0.15) is 5.26 Å². The predicted octanol–water partition coefficient (Wildman–Crippen LogP) is 1.57. The first kappa shape index (κ1) is 7.12. The molecule has 11 heavy (non-hydrogen) atoms. The van der Waals surface area contributed by atoms with Crippen LogP contribution >= 0.6 is 0 Å². The SMILES string of the molecule is N#CC1(NC2CCCC2)CC1. The fourth-order valence-electron chi connectivity index (χ4n) is 1.87. The molecule has 0 atom stereocenters. The van der Waals surface area contributed by atoms with Crippen LogP contribution in [0.4, 0.5) is 0 Å². The standard InChI is InChI=1S/C9H14N2/c10-7-9(5-6-9)11-8-3-1-2-4-8/h8,11H,1-6H2. The van der Waals surface area contributed by atoms with E-state index in [1.165, 1.54) is 25.7 Å². The Hall–Kier alpha value is -0.550. The number of nitrogens with zero attached hydrogens (tertiary/aromatic N) is 1. The van der Waals surface area contributed by atoms with Crippen LogP contribution in [0.3, 0.4) is 0 Å². The maximum Gasteiger partial charge on any atom is 0.107 e. The molecule has 0 radical (unpaired) electrons. The molecule has 0 amide bonds. The minimum Gasteiger partial charge on any atom is -0.297 e. The van der Waals surface area contributed by atoms with Gasteiger partial charge in [-0.05, 0) is 25.7 Å². The summed E-state index contributed by atoms with van der Waals surface area (Å²) in [5, 5.41) is 12.3. The van der Waals surface area contributed by atoms with Crippen LogP contribution in [0.2, 0.25) is 0 Å². The van der Waals surface area contributed by atoms with Gasteiger partial charge >= 0.3 is 0 Å². The molecule has 2 aliphatic carbocycles. The monoisotopic (exact) mass is 150 g/mol. The van der Waals surface area contributed by atoms with Crippen LogP contribution in [0.15, 0.2) is 0 Å². The van der Waals surface area contributed by atoms with Gasteiger partial charge in [-0.3, -0.25) is 5.32 Å². The lowest BCUT2D eigenvalue weighted by Gasteiger charge is -2.15. The third-order valence-corrected chi connectivity index (χ3v) is 2.80. The second kappa shape index (κ2) is 2.49. The number of rotatable bonds is 2. The molecule has 2 nitrogen and oxygen atoms in total. The Morgan fingerprint density at radius 1 is 1.27 bits per heavy atom. The van der Waals surface area contributed by atoms with Crippen molar-refractivity contribution in [2.24, 2.45) is 0 Å². The van der Waals surface area contributed by atoms with Gasteiger partial charge in [0.25, 0.3) is 0 Å². The lowest BCUT2D eigenvalue weighted by Crippen LogP contribution is -2.37. The van der Waals surface area contributed by atoms with Gasteiger partial charge < -0.3 is 0 Å². The number of nitriles is 1. The van der Waals surface area contributed by atoms with Gasteiger partial charge in [0.15, 0.2) is 0 Å². The van der Waals surface area contributed by atoms with Crippen molar-refractivity contribution in [2.75, 3.05) is 0 Å². The Morgan fingerprint density at radius 2 is 1.91 bits per heavy atom. The molecule has 60 valence electrons. The smallest absolute Gasteiger partial charge is 0.107 e. The van der Waals surface area contributed by atoms with E-state index in [4.69, 9.17) is 5.26 Å². The van der Waals surface area contributed by atoms with Crippen molar-refractivity contribution in [2.45, 2.75) is 50.1 Å². The minimum absolute atomic E-state index is 0.0883. The zero-order valence-corrected chi connectivity index (χ0v) is 6.77. The first-order valence-corrected chi connectivity index (χ1v) is 4.54. The van der Waals surface area contributed by atoms with Crippen LogP contribution in [-0.2, 0) is 0 Å². The van der Waals surface area contributed by atoms with Crippen molar-refractivity contribution in [1.82, 2.24) is 5.32 Å². The van der Waals surface area contributed by atoms with Crippen molar-refractivity contribution in [1.29, 1.82) is 5.26 Å². The predicted molar refractivity (Wildman–Crippen MR) is 43.0 cm³/mol. The summed E-state index contributed by atoms with van der Waals surface area (Å²) in [5.74, 6) is 0. The minimum atomic E-state index is -0.0883. The molecule has 0 aromatic rings. The lowest BCUT2D eigenvalue weighted by atomic mass is 10.2. The van der Waals surface area contributed by atoms with Crippen LogP contribution in [0.5, 0.6) is 0 Å². The van der Waals surface area contributed by atoms with E-state index in [1.807, 2.05) is 0 Å². The zero-order valence-electron chi connectivity index (χ0n) is 6.77. The van der Waals surface area contributed by atoms with E-state index in [2.05, 4.69) is 11.4 Å². The average Bonchev–Trinajstić information content (AvgIpc) is 2.59. The average molecular weight is 150 g/mol. The first-order chi connectivity index (χ1) is 5.35. The van der Waals surface area contributed by atoms with Crippen LogP contribution in [0, 0.1) is 11.3 Å². The summed E-state index contributed by atoms with van der Waals surface area (Å²) < 4.78 is 0. The van der Waals surface area contributed by atoms with E-state index in [0.717, 1.165) is 12.8 Å². The van der Waals surface area contributed by atoms with Crippen LogP contribution < -0.4 is 5.32 Å². The second-order valence-electron chi connectivity index (χ2n) is 3.82. The molecule has 1 N–H and O–H groups in total. The Labute approximate surface area is 67.6 Å². The molecule has 2 rings (SSSR count). The summed E-state index contributed by atoms with van der Waals surface area (Å²) in [7, 11) is 0. The van der Waals surface area contributed by atoms with Gasteiger partial charge in [-0.25, -0.2) is 0 Å². The normalized spacial score (nSPS) is 28.3. The van der Waals surface area contributed by atoms with Gasteiger partial charge in [0, 0.05) is 6.04 Å². The van der Waals surface area contributed by atoms with E-state index in [1.54, 1.807) is 0 Å². The Kier molecular flexibility index (Phi) is 1.61. The molecule has 2 saturated carbocycles. The molecule has 0 bridgehead atoms. The molecule has 2 aliphatic rings. The van der Waals surface area contributed by atoms with E-state index >= 15 is 0 Å². The van der Waals surface area contributed by atoms with Crippen LogP contribution in [-0.4, -0.2) is 11.6 Å². The summed E-state index contributed by atoms with van der Waals surface area (Å²) in [6, 6.07) is 3.02. The Balaban J connectivity index is 1.85. The van der Waals surface area contributed by atoms with Crippen molar-refractivity contribution in [3.8, 4) is 6.07 Å². The maximum atomic E-state index is 8.80. The topological polar surface area (TPSA) is 35.8 Å². The maximum absolute atomic E-state index is 8.80. The van der Waals surface area contributed by atoms with Gasteiger partial charge in [-0.1, -0.05) is 12.8 Å². The highest BCUT2D eigenvalue weighted by atomic mass is 15.0. The molecule has 0 spiro atoms. The molecule has 0 unspecified atom stereocenters. The summed E-state index contributed by atoms with van der Waals surface area (Å²) in [6.45, 7) is 0. The molecule has 2 fully saturated rings. The highest BCUT2D eigenvalue weighted by molar-refractivity contribution is 5.19. The van der Waals surface area contributed by atoms with Gasteiger partial charge in [0.1, 0.15) is 5.54 Å². The third-order valence-electron chi connectivity index (χ3n) is 2.80. The summed E-state index contributed by atoms with van der Waals surface area (Å²) in [5.41, 5.74) is -0.0883. The number of hydrogen-bond donors (Lipinski definition) is 1. The lowest BCUT2D eigenvalue weighted by molar-refractivity contribution is 0.472. The third kappa shape index (κ3) is 1.39. The van der Waals surface area contributed by atoms with E-state index in [9.17, 15) is 0 Å². The molecular formula is C9H14N2. The van der Waals surface area contributed by atoms with Crippen molar-refractivity contribution >= 4 is 0 Å². The molecule has 0 aromatic heterocycles. The molecule has 0 aromatic carbocycles. The van der Waals surface area contributed by atoms with Crippen molar-refractivity contribution in [3.05, 3.63) is 0 Å². The fraction of sp³-hybridized carbons (Fsp3) is 0.889. The fourth-order valence-corrected chi connectivity index (χ4v) is 1.87. The number of hydrogen-bond acceptors (Lipinski definition) is 2. The van der Waals surface area contributed by atoms with Gasteiger partial charge in [0.2, 0.25) is 0 Å². The van der Waals surface area contributed by atoms with E-state index in [-0.39, 0.29) is 5.54 Å². The first-order valence-electron chi connectivity index (χ1n) is 4.54. The second-order valence-corrected chi connectivity index (χ2v) is 3.82.